The number of nitrogens with one attached hydrogen (secondary N) is 1. The average Bonchev–Trinajstić information content (AvgIpc) is 2.71. The van der Waals surface area contributed by atoms with Crippen LogP contribution in [0, 0.1) is 19.7 Å². The molecule has 4 nitrogen and oxygen atoms in total. The van der Waals surface area contributed by atoms with Crippen LogP contribution in [0.3, 0.4) is 0 Å². The number of aromatic amines is 1. The Morgan fingerprint density at radius 1 is 1.42 bits per heavy atom. The van der Waals surface area contributed by atoms with E-state index in [1.165, 1.54) is 6.07 Å². The number of carboxylic acids is 1. The number of nitrogens with zero attached hydrogens (tertiary/aromatic N) is 1. The molecule has 1 aromatic carbocycles. The fourth-order valence-corrected chi connectivity index (χ4v) is 1.98. The summed E-state index contributed by atoms with van der Waals surface area (Å²) in [6.45, 7) is 3.50. The van der Waals surface area contributed by atoms with Crippen molar-refractivity contribution in [2.75, 3.05) is 0 Å². The molecule has 0 saturated heterocycles. The second-order valence-electron chi connectivity index (χ2n) is 4.51. The number of aryl methyl sites for hydroxylation is 3. The number of carboxylic acid groups (broad SMARTS) is 1. The van der Waals surface area contributed by atoms with Gasteiger partial charge in [0.05, 0.1) is 12.1 Å². The maximum Gasteiger partial charge on any atom is 0.303 e. The molecule has 0 unspecified atom stereocenters. The van der Waals surface area contributed by atoms with Crippen LogP contribution in [0.2, 0.25) is 0 Å². The molecule has 0 aliphatic heterocycles. The molecule has 0 spiro atoms. The van der Waals surface area contributed by atoms with Crippen LogP contribution in [0.4, 0.5) is 4.39 Å². The van der Waals surface area contributed by atoms with E-state index in [9.17, 15) is 9.18 Å². The van der Waals surface area contributed by atoms with Crippen molar-refractivity contribution < 1.29 is 14.3 Å². The largest absolute Gasteiger partial charge is 0.481 e. The highest BCUT2D eigenvalue weighted by Crippen LogP contribution is 2.24. The van der Waals surface area contributed by atoms with Crippen molar-refractivity contribution >= 4 is 5.97 Å². The van der Waals surface area contributed by atoms with Crippen molar-refractivity contribution in [3.8, 4) is 11.3 Å². The predicted octanol–water partition coefficient (Wildman–Crippen LogP) is 2.85. The number of hydrogen-bond donors (Lipinski definition) is 2. The van der Waals surface area contributed by atoms with Crippen molar-refractivity contribution in [3.63, 3.8) is 0 Å². The summed E-state index contributed by atoms with van der Waals surface area (Å²) in [5.74, 6) is -0.394. The van der Waals surface area contributed by atoms with Crippen LogP contribution in [-0.2, 0) is 11.2 Å². The van der Waals surface area contributed by atoms with E-state index >= 15 is 0 Å². The molecule has 1 aromatic heterocycles. The third-order valence-corrected chi connectivity index (χ3v) is 2.92. The van der Waals surface area contributed by atoms with Crippen molar-refractivity contribution in [3.05, 3.63) is 41.1 Å². The Kier molecular flexibility index (Phi) is 3.64. The second-order valence-corrected chi connectivity index (χ2v) is 4.51. The zero-order valence-electron chi connectivity index (χ0n) is 10.8. The Labute approximate surface area is 110 Å². The number of H-pyrrole nitrogens is 1. The molecular formula is C14H15FN2O2. The molecule has 0 aliphatic rings. The van der Waals surface area contributed by atoms with Crippen LogP contribution < -0.4 is 0 Å². The third-order valence-electron chi connectivity index (χ3n) is 2.92. The smallest absolute Gasteiger partial charge is 0.303 e. The monoisotopic (exact) mass is 262 g/mol. The van der Waals surface area contributed by atoms with E-state index in [4.69, 9.17) is 5.11 Å². The van der Waals surface area contributed by atoms with Gasteiger partial charge in [-0.15, -0.1) is 0 Å². The van der Waals surface area contributed by atoms with Gasteiger partial charge in [-0.05, 0) is 37.6 Å². The molecule has 0 bridgehead atoms. The van der Waals surface area contributed by atoms with Crippen LogP contribution in [-0.4, -0.2) is 21.0 Å². The van der Waals surface area contributed by atoms with Crippen LogP contribution >= 0.6 is 0 Å². The second kappa shape index (κ2) is 5.22. The summed E-state index contributed by atoms with van der Waals surface area (Å²) < 4.78 is 13.3. The van der Waals surface area contributed by atoms with Gasteiger partial charge in [-0.1, -0.05) is 0 Å². The number of aromatic nitrogens is 2. The number of rotatable bonds is 4. The van der Waals surface area contributed by atoms with Crippen LogP contribution in [0.5, 0.6) is 0 Å². The molecule has 0 fully saturated rings. The normalized spacial score (nSPS) is 10.7. The summed E-state index contributed by atoms with van der Waals surface area (Å²) in [5, 5.41) is 8.74. The number of carbonyl (C=O) groups is 1. The van der Waals surface area contributed by atoms with E-state index in [0.717, 1.165) is 17.1 Å². The van der Waals surface area contributed by atoms with Gasteiger partial charge in [0.25, 0.3) is 0 Å². The summed E-state index contributed by atoms with van der Waals surface area (Å²) in [5.41, 5.74) is 2.80. The summed E-state index contributed by atoms with van der Waals surface area (Å²) >= 11 is 0. The third kappa shape index (κ3) is 2.99. The SMILES string of the molecule is Cc1nc(-c2ccc(F)c(C)c2)c(CCC(=O)O)[nH]1. The van der Waals surface area contributed by atoms with Gasteiger partial charge in [0.1, 0.15) is 11.6 Å². The lowest BCUT2D eigenvalue weighted by atomic mass is 10.1. The van der Waals surface area contributed by atoms with Gasteiger partial charge in [0.2, 0.25) is 0 Å². The van der Waals surface area contributed by atoms with Crippen LogP contribution in [0.1, 0.15) is 23.5 Å². The zero-order valence-corrected chi connectivity index (χ0v) is 10.8. The molecule has 19 heavy (non-hydrogen) atoms. The topological polar surface area (TPSA) is 66.0 Å². The van der Waals surface area contributed by atoms with Crippen molar-refractivity contribution in [2.45, 2.75) is 26.7 Å². The Balaban J connectivity index is 2.37. The Morgan fingerprint density at radius 3 is 2.79 bits per heavy atom. The highest BCUT2D eigenvalue weighted by atomic mass is 19.1. The van der Waals surface area contributed by atoms with E-state index in [-0.39, 0.29) is 12.2 Å². The average molecular weight is 262 g/mol. The Hall–Kier alpha value is -2.17. The molecule has 5 heteroatoms. The molecular weight excluding hydrogens is 247 g/mol. The highest BCUT2D eigenvalue weighted by molar-refractivity contribution is 5.68. The lowest BCUT2D eigenvalue weighted by Crippen LogP contribution is -1.99. The maximum absolute atomic E-state index is 13.3. The minimum Gasteiger partial charge on any atom is -0.481 e. The first-order valence-electron chi connectivity index (χ1n) is 6.01. The summed E-state index contributed by atoms with van der Waals surface area (Å²) in [4.78, 5) is 18.1. The van der Waals surface area contributed by atoms with Gasteiger partial charge in [0, 0.05) is 17.7 Å². The van der Waals surface area contributed by atoms with Gasteiger partial charge in [-0.25, -0.2) is 9.37 Å². The van der Waals surface area contributed by atoms with E-state index < -0.39 is 5.97 Å². The molecule has 0 aliphatic carbocycles. The van der Waals surface area contributed by atoms with Gasteiger partial charge in [-0.3, -0.25) is 4.79 Å². The van der Waals surface area contributed by atoms with Crippen LogP contribution in [0.25, 0.3) is 11.3 Å². The molecule has 100 valence electrons. The van der Waals surface area contributed by atoms with E-state index in [0.29, 0.717) is 17.7 Å². The van der Waals surface area contributed by atoms with Crippen LogP contribution in [0.15, 0.2) is 18.2 Å². The van der Waals surface area contributed by atoms with Gasteiger partial charge >= 0.3 is 5.97 Å². The van der Waals surface area contributed by atoms with Crippen molar-refractivity contribution in [1.82, 2.24) is 9.97 Å². The van der Waals surface area contributed by atoms with Gasteiger partial charge < -0.3 is 10.1 Å². The molecule has 0 radical (unpaired) electrons. The van der Waals surface area contributed by atoms with E-state index in [1.54, 1.807) is 19.1 Å². The molecule has 0 amide bonds. The first-order valence-corrected chi connectivity index (χ1v) is 6.01. The first-order chi connectivity index (χ1) is 8.97. The quantitative estimate of drug-likeness (QED) is 0.890. The van der Waals surface area contributed by atoms with E-state index in [2.05, 4.69) is 9.97 Å². The standard InChI is InChI=1S/C14H15FN2O2/c1-8-7-10(3-4-11(8)15)14-12(5-6-13(18)19)16-9(2)17-14/h3-4,7H,5-6H2,1-2H3,(H,16,17)(H,18,19). The lowest BCUT2D eigenvalue weighted by molar-refractivity contribution is -0.136. The highest BCUT2D eigenvalue weighted by Gasteiger charge is 2.12. The molecule has 0 saturated carbocycles. The number of hydrogen-bond acceptors (Lipinski definition) is 2. The van der Waals surface area contributed by atoms with E-state index in [1.807, 2.05) is 6.92 Å². The zero-order chi connectivity index (χ0) is 14.0. The fraction of sp³-hybridized carbons (Fsp3) is 0.286. The number of aliphatic carboxylic acids is 1. The number of benzene rings is 1. The predicted molar refractivity (Wildman–Crippen MR) is 69.4 cm³/mol. The molecule has 2 rings (SSSR count). The van der Waals surface area contributed by atoms with Gasteiger partial charge in [0.15, 0.2) is 0 Å². The van der Waals surface area contributed by atoms with Crippen molar-refractivity contribution in [1.29, 1.82) is 0 Å². The minimum atomic E-state index is -0.853. The Bertz CT molecular complexity index is 620. The van der Waals surface area contributed by atoms with Crippen molar-refractivity contribution in [2.24, 2.45) is 0 Å². The number of halogens is 1. The molecule has 1 heterocycles. The van der Waals surface area contributed by atoms with Gasteiger partial charge in [-0.2, -0.15) is 0 Å². The summed E-state index contributed by atoms with van der Waals surface area (Å²) in [6, 6.07) is 4.77. The Morgan fingerprint density at radius 2 is 2.16 bits per heavy atom. The molecule has 2 aromatic rings. The lowest BCUT2D eigenvalue weighted by Gasteiger charge is -2.03. The summed E-state index contributed by atoms with van der Waals surface area (Å²) in [6.07, 6.45) is 0.413. The number of imidazole rings is 1. The maximum atomic E-state index is 13.3. The molecule has 2 N–H and O–H groups in total. The molecule has 0 atom stereocenters. The fourth-order valence-electron chi connectivity index (χ4n) is 1.98. The minimum absolute atomic E-state index is 0.0365. The first kappa shape index (κ1) is 13.3. The summed E-state index contributed by atoms with van der Waals surface area (Å²) in [7, 11) is 0.